The first-order valence-corrected chi connectivity index (χ1v) is 8.24. The van der Waals surface area contributed by atoms with Crippen LogP contribution in [0.5, 0.6) is 0 Å². The first-order valence-electron chi connectivity index (χ1n) is 8.24. The first kappa shape index (κ1) is 13.4. The quantitative estimate of drug-likeness (QED) is 0.791. The molecule has 2 N–H and O–H groups in total. The minimum atomic E-state index is 0.119. The number of nitrogens with zero attached hydrogens (tertiary/aromatic N) is 1. The summed E-state index contributed by atoms with van der Waals surface area (Å²) in [5, 5.41) is 0. The van der Waals surface area contributed by atoms with E-state index in [0.29, 0.717) is 11.9 Å². The first-order chi connectivity index (χ1) is 9.18. The normalized spacial score (nSPS) is 43.1. The molecule has 19 heavy (non-hydrogen) atoms. The van der Waals surface area contributed by atoms with Crippen LogP contribution >= 0.6 is 0 Å². The molecule has 108 valence electrons. The van der Waals surface area contributed by atoms with E-state index in [0.717, 1.165) is 37.6 Å². The summed E-state index contributed by atoms with van der Waals surface area (Å²) in [4.78, 5) is 15.1. The lowest BCUT2D eigenvalue weighted by Gasteiger charge is -2.48. The fraction of sp³-hybridized carbons (Fsp3) is 0.938. The highest BCUT2D eigenvalue weighted by Crippen LogP contribution is 2.40. The Labute approximate surface area is 116 Å². The van der Waals surface area contributed by atoms with Crippen LogP contribution in [-0.4, -0.2) is 29.4 Å². The van der Waals surface area contributed by atoms with Crippen molar-refractivity contribution in [3.8, 4) is 0 Å². The molecule has 0 radical (unpaired) electrons. The van der Waals surface area contributed by atoms with Crippen LogP contribution in [0, 0.1) is 17.8 Å². The third-order valence-electron chi connectivity index (χ3n) is 5.91. The molecule has 0 aromatic heterocycles. The van der Waals surface area contributed by atoms with Crippen molar-refractivity contribution in [2.24, 2.45) is 23.5 Å². The van der Waals surface area contributed by atoms with E-state index in [1.165, 1.54) is 32.1 Å². The van der Waals surface area contributed by atoms with Crippen LogP contribution in [0.25, 0.3) is 0 Å². The van der Waals surface area contributed by atoms with Gasteiger partial charge in [0.2, 0.25) is 5.91 Å². The van der Waals surface area contributed by atoms with Crippen molar-refractivity contribution in [3.05, 3.63) is 0 Å². The zero-order valence-corrected chi connectivity index (χ0v) is 12.2. The number of piperidine rings is 1. The fourth-order valence-electron chi connectivity index (χ4n) is 4.70. The summed E-state index contributed by atoms with van der Waals surface area (Å²) in [6.07, 6.45) is 9.59. The average Bonchev–Trinajstić information content (AvgIpc) is 2.85. The second-order valence-corrected chi connectivity index (χ2v) is 7.01. The molecule has 1 saturated heterocycles. The van der Waals surface area contributed by atoms with Crippen LogP contribution in [0.2, 0.25) is 0 Å². The smallest absolute Gasteiger partial charge is 0.227 e. The van der Waals surface area contributed by atoms with E-state index in [1.807, 2.05) is 0 Å². The van der Waals surface area contributed by atoms with Crippen molar-refractivity contribution >= 4 is 5.91 Å². The Bertz CT molecular complexity index is 344. The highest BCUT2D eigenvalue weighted by atomic mass is 16.2. The lowest BCUT2D eigenvalue weighted by molar-refractivity contribution is -0.143. The lowest BCUT2D eigenvalue weighted by atomic mass is 9.72. The summed E-state index contributed by atoms with van der Waals surface area (Å²) in [6, 6.07) is 0.645. The molecule has 0 aromatic rings. The molecule has 1 amide bonds. The monoisotopic (exact) mass is 264 g/mol. The molecule has 3 fully saturated rings. The van der Waals surface area contributed by atoms with Gasteiger partial charge in [0.1, 0.15) is 0 Å². The molecule has 3 nitrogen and oxygen atoms in total. The zero-order valence-electron chi connectivity index (χ0n) is 12.2. The largest absolute Gasteiger partial charge is 0.339 e. The molecule has 2 saturated carbocycles. The van der Waals surface area contributed by atoms with Crippen LogP contribution in [0.1, 0.15) is 58.3 Å². The fourth-order valence-corrected chi connectivity index (χ4v) is 4.70. The number of carbonyl (C=O) groups is 1. The van der Waals surface area contributed by atoms with Gasteiger partial charge in [0.15, 0.2) is 0 Å². The van der Waals surface area contributed by atoms with Crippen molar-refractivity contribution in [3.63, 3.8) is 0 Å². The number of carbonyl (C=O) groups excluding carboxylic acids is 1. The summed E-state index contributed by atoms with van der Waals surface area (Å²) in [7, 11) is 0. The van der Waals surface area contributed by atoms with E-state index < -0.39 is 0 Å². The zero-order chi connectivity index (χ0) is 13.4. The Morgan fingerprint density at radius 2 is 1.84 bits per heavy atom. The number of hydrogen-bond acceptors (Lipinski definition) is 2. The molecule has 3 heteroatoms. The molecule has 0 spiro atoms. The van der Waals surface area contributed by atoms with Crippen molar-refractivity contribution in [1.82, 2.24) is 4.90 Å². The van der Waals surface area contributed by atoms with E-state index in [2.05, 4.69) is 11.8 Å². The Morgan fingerprint density at radius 3 is 2.58 bits per heavy atom. The number of likely N-dealkylation sites (tertiary alicyclic amines) is 1. The van der Waals surface area contributed by atoms with Crippen LogP contribution in [0.3, 0.4) is 0 Å². The maximum absolute atomic E-state index is 12.8. The Morgan fingerprint density at radius 1 is 1.05 bits per heavy atom. The van der Waals surface area contributed by atoms with Crippen LogP contribution in [0.15, 0.2) is 0 Å². The Hall–Kier alpha value is -0.570. The lowest BCUT2D eigenvalue weighted by Crippen LogP contribution is -2.55. The van der Waals surface area contributed by atoms with Gasteiger partial charge in [0, 0.05) is 18.6 Å². The van der Waals surface area contributed by atoms with Crippen molar-refractivity contribution in [2.45, 2.75) is 70.4 Å². The molecular weight excluding hydrogens is 236 g/mol. The molecule has 0 bridgehead atoms. The van der Waals surface area contributed by atoms with E-state index >= 15 is 0 Å². The number of amides is 1. The number of nitrogens with two attached hydrogens (primary N) is 1. The SMILES string of the molecule is CC1CCN(C(=O)C2CCCC2N)C2CCCCC12. The molecule has 1 aliphatic heterocycles. The molecular formula is C16H28N2O. The second-order valence-electron chi connectivity index (χ2n) is 7.01. The topological polar surface area (TPSA) is 46.3 Å². The summed E-state index contributed by atoms with van der Waals surface area (Å²) in [6.45, 7) is 3.36. The maximum atomic E-state index is 12.8. The van der Waals surface area contributed by atoms with Gasteiger partial charge in [-0.1, -0.05) is 26.2 Å². The third-order valence-corrected chi connectivity index (χ3v) is 5.91. The Kier molecular flexibility index (Phi) is 3.84. The van der Waals surface area contributed by atoms with E-state index in [-0.39, 0.29) is 12.0 Å². The van der Waals surface area contributed by atoms with E-state index in [1.54, 1.807) is 0 Å². The molecule has 5 atom stereocenters. The van der Waals surface area contributed by atoms with Gasteiger partial charge in [-0.25, -0.2) is 0 Å². The predicted octanol–water partition coefficient (Wildman–Crippen LogP) is 2.54. The average molecular weight is 264 g/mol. The van der Waals surface area contributed by atoms with Gasteiger partial charge in [0.25, 0.3) is 0 Å². The maximum Gasteiger partial charge on any atom is 0.227 e. The molecule has 1 heterocycles. The molecule has 3 rings (SSSR count). The number of fused-ring (bicyclic) bond motifs is 1. The van der Waals surface area contributed by atoms with Gasteiger partial charge >= 0.3 is 0 Å². The van der Waals surface area contributed by atoms with Crippen LogP contribution < -0.4 is 5.73 Å². The van der Waals surface area contributed by atoms with Crippen molar-refractivity contribution in [1.29, 1.82) is 0 Å². The van der Waals surface area contributed by atoms with Crippen LogP contribution in [-0.2, 0) is 4.79 Å². The van der Waals surface area contributed by atoms with E-state index in [9.17, 15) is 4.79 Å². The van der Waals surface area contributed by atoms with Gasteiger partial charge in [-0.3, -0.25) is 4.79 Å². The third kappa shape index (κ3) is 2.42. The number of rotatable bonds is 1. The summed E-state index contributed by atoms with van der Waals surface area (Å²) < 4.78 is 0. The second kappa shape index (κ2) is 5.43. The van der Waals surface area contributed by atoms with Gasteiger partial charge in [-0.15, -0.1) is 0 Å². The standard InChI is InChI=1S/C16H28N2O/c1-11-9-10-18(15-8-3-2-5-12(11)15)16(19)13-6-4-7-14(13)17/h11-15H,2-10,17H2,1H3. The highest BCUT2D eigenvalue weighted by Gasteiger charge is 2.42. The van der Waals surface area contributed by atoms with Crippen molar-refractivity contribution in [2.75, 3.05) is 6.54 Å². The Balaban J connectivity index is 1.74. The molecule has 0 aromatic carbocycles. The van der Waals surface area contributed by atoms with Gasteiger partial charge in [0.05, 0.1) is 5.92 Å². The summed E-state index contributed by atoms with van der Waals surface area (Å²) in [5.74, 6) is 2.06. The highest BCUT2D eigenvalue weighted by molar-refractivity contribution is 5.80. The van der Waals surface area contributed by atoms with E-state index in [4.69, 9.17) is 5.73 Å². The predicted molar refractivity (Wildman–Crippen MR) is 76.6 cm³/mol. The summed E-state index contributed by atoms with van der Waals surface area (Å²) >= 11 is 0. The van der Waals surface area contributed by atoms with Gasteiger partial charge < -0.3 is 10.6 Å². The molecule has 3 aliphatic rings. The molecule has 2 aliphatic carbocycles. The molecule has 5 unspecified atom stereocenters. The van der Waals surface area contributed by atoms with Gasteiger partial charge in [-0.2, -0.15) is 0 Å². The van der Waals surface area contributed by atoms with Crippen LogP contribution in [0.4, 0.5) is 0 Å². The number of hydrogen-bond donors (Lipinski definition) is 1. The van der Waals surface area contributed by atoms with Crippen molar-refractivity contribution < 1.29 is 4.79 Å². The minimum Gasteiger partial charge on any atom is -0.339 e. The minimum absolute atomic E-state index is 0.119. The summed E-state index contributed by atoms with van der Waals surface area (Å²) in [5.41, 5.74) is 6.13. The van der Waals surface area contributed by atoms with Gasteiger partial charge in [-0.05, 0) is 43.9 Å².